The van der Waals surface area contributed by atoms with E-state index < -0.39 is 0 Å². The first kappa shape index (κ1) is 13.3. The molecule has 0 heterocycles. The molecule has 4 N–H and O–H groups in total. The van der Waals surface area contributed by atoms with Crippen molar-refractivity contribution in [1.29, 1.82) is 5.41 Å². The van der Waals surface area contributed by atoms with Crippen LogP contribution < -0.4 is 11.1 Å². The van der Waals surface area contributed by atoms with Gasteiger partial charge in [-0.1, -0.05) is 24.3 Å². The second-order valence-corrected chi connectivity index (χ2v) is 3.81. The van der Waals surface area contributed by atoms with E-state index in [9.17, 15) is 4.79 Å². The van der Waals surface area contributed by atoms with Gasteiger partial charge in [0.2, 0.25) is 0 Å². The number of benzene rings is 1. The molecule has 0 saturated carbocycles. The van der Waals surface area contributed by atoms with Crippen LogP contribution in [-0.2, 0) is 11.2 Å². The zero-order valence-electron chi connectivity index (χ0n) is 9.41. The lowest BCUT2D eigenvalue weighted by atomic mass is 10.1. The van der Waals surface area contributed by atoms with E-state index in [-0.39, 0.29) is 24.3 Å². The normalized spacial score (nSPS) is 12.8. The van der Waals surface area contributed by atoms with Crippen LogP contribution in [-0.4, -0.2) is 11.9 Å². The van der Waals surface area contributed by atoms with Gasteiger partial charge in [-0.05, 0) is 23.6 Å². The van der Waals surface area contributed by atoms with Gasteiger partial charge in [0, 0.05) is 12.0 Å². The number of hydrogen-bond acceptors (Lipinski definition) is 2. The molecule has 1 aliphatic carbocycles. The highest BCUT2D eigenvalue weighted by atomic mass is 35.5. The molecule has 1 aliphatic rings. The van der Waals surface area contributed by atoms with Crippen molar-refractivity contribution >= 4 is 29.8 Å². The van der Waals surface area contributed by atoms with Crippen LogP contribution in [0.4, 0.5) is 0 Å². The summed E-state index contributed by atoms with van der Waals surface area (Å²) in [5, 5.41) is 9.35. The average molecular weight is 252 g/mol. The Kier molecular flexibility index (Phi) is 3.91. The third-order valence-electron chi connectivity index (χ3n) is 2.76. The van der Waals surface area contributed by atoms with E-state index in [4.69, 9.17) is 11.1 Å². The smallest absolute Gasteiger partial charge is 0.254 e. The van der Waals surface area contributed by atoms with Crippen LogP contribution in [0.3, 0.4) is 0 Å². The lowest BCUT2D eigenvalue weighted by Gasteiger charge is -2.04. The number of hydrogen-bond donors (Lipinski definition) is 3. The molecule has 5 heteroatoms. The van der Waals surface area contributed by atoms with Crippen LogP contribution >= 0.6 is 12.4 Å². The minimum absolute atomic E-state index is 0. The van der Waals surface area contributed by atoms with E-state index >= 15 is 0 Å². The molecule has 17 heavy (non-hydrogen) atoms. The van der Waals surface area contributed by atoms with Crippen LogP contribution in [0.25, 0.3) is 5.57 Å². The molecule has 2 rings (SSSR count). The topological polar surface area (TPSA) is 79.0 Å². The number of guanidine groups is 1. The second-order valence-electron chi connectivity index (χ2n) is 3.81. The Hall–Kier alpha value is -1.81. The number of carbonyl (C=O) groups excluding carboxylic acids is 1. The lowest BCUT2D eigenvalue weighted by molar-refractivity contribution is -0.116. The maximum atomic E-state index is 11.7. The molecule has 0 spiro atoms. The fourth-order valence-corrected chi connectivity index (χ4v) is 1.97. The zero-order valence-corrected chi connectivity index (χ0v) is 10.2. The van der Waals surface area contributed by atoms with Crippen molar-refractivity contribution in [2.45, 2.75) is 13.3 Å². The first-order chi connectivity index (χ1) is 7.59. The van der Waals surface area contributed by atoms with Crippen molar-refractivity contribution in [2.24, 2.45) is 5.73 Å². The van der Waals surface area contributed by atoms with E-state index in [1.54, 1.807) is 0 Å². The van der Waals surface area contributed by atoms with Crippen molar-refractivity contribution in [3.63, 3.8) is 0 Å². The van der Waals surface area contributed by atoms with E-state index in [0.717, 1.165) is 16.7 Å². The van der Waals surface area contributed by atoms with Gasteiger partial charge >= 0.3 is 0 Å². The number of allylic oxidation sites excluding steroid dienone is 1. The summed E-state index contributed by atoms with van der Waals surface area (Å²) < 4.78 is 0. The molecule has 4 nitrogen and oxygen atoms in total. The van der Waals surface area contributed by atoms with E-state index in [1.165, 1.54) is 0 Å². The second kappa shape index (κ2) is 5.01. The number of fused-ring (bicyclic) bond motifs is 1. The van der Waals surface area contributed by atoms with Crippen LogP contribution in [0.15, 0.2) is 29.8 Å². The summed E-state index contributed by atoms with van der Waals surface area (Å²) in [6.45, 7) is 1.92. The summed E-state index contributed by atoms with van der Waals surface area (Å²) >= 11 is 0. The van der Waals surface area contributed by atoms with Crippen molar-refractivity contribution < 1.29 is 4.79 Å². The van der Waals surface area contributed by atoms with Gasteiger partial charge in [0.1, 0.15) is 0 Å². The molecule has 0 bridgehead atoms. The van der Waals surface area contributed by atoms with E-state index in [2.05, 4.69) is 5.32 Å². The minimum Gasteiger partial charge on any atom is -0.370 e. The Morgan fingerprint density at radius 1 is 1.41 bits per heavy atom. The molecule has 90 valence electrons. The van der Waals surface area contributed by atoms with Gasteiger partial charge in [-0.2, -0.15) is 0 Å². The highest BCUT2D eigenvalue weighted by Crippen LogP contribution is 2.31. The highest BCUT2D eigenvalue weighted by molar-refractivity contribution is 6.09. The standard InChI is InChI=1S/C12H13N3O.ClH/c1-7-9-5-3-2-4-8(9)6-10(7)11(16)15-12(13)14;/h2-5H,6H2,1H3,(H4,13,14,15,16);1H. The van der Waals surface area contributed by atoms with Gasteiger partial charge in [0.05, 0.1) is 0 Å². The molecule has 0 atom stereocenters. The number of nitrogens with two attached hydrogens (primary N) is 1. The largest absolute Gasteiger partial charge is 0.370 e. The first-order valence-electron chi connectivity index (χ1n) is 5.03. The van der Waals surface area contributed by atoms with Crippen LogP contribution in [0.2, 0.25) is 0 Å². The Morgan fingerprint density at radius 3 is 2.65 bits per heavy atom. The van der Waals surface area contributed by atoms with Crippen molar-refractivity contribution in [3.05, 3.63) is 41.0 Å². The molecule has 0 saturated heterocycles. The number of carbonyl (C=O) groups is 1. The van der Waals surface area contributed by atoms with Crippen LogP contribution in [0, 0.1) is 5.41 Å². The summed E-state index contributed by atoms with van der Waals surface area (Å²) in [5.41, 5.74) is 9.05. The Labute approximate surface area is 106 Å². The SMILES string of the molecule is CC1=C(C(=O)NC(=N)N)Cc2ccccc21.Cl. The quantitative estimate of drug-likeness (QED) is 0.522. The number of rotatable bonds is 1. The third-order valence-corrected chi connectivity index (χ3v) is 2.76. The van der Waals surface area contributed by atoms with Gasteiger partial charge in [-0.15, -0.1) is 12.4 Å². The molecule has 1 aromatic rings. The van der Waals surface area contributed by atoms with E-state index in [0.29, 0.717) is 12.0 Å². The van der Waals surface area contributed by atoms with Gasteiger partial charge in [-0.3, -0.25) is 15.5 Å². The van der Waals surface area contributed by atoms with Gasteiger partial charge < -0.3 is 5.73 Å². The fourth-order valence-electron chi connectivity index (χ4n) is 1.97. The maximum absolute atomic E-state index is 11.7. The zero-order chi connectivity index (χ0) is 11.7. The summed E-state index contributed by atoms with van der Waals surface area (Å²) in [5.74, 6) is -0.595. The van der Waals surface area contributed by atoms with Crippen molar-refractivity contribution in [1.82, 2.24) is 5.32 Å². The highest BCUT2D eigenvalue weighted by Gasteiger charge is 2.23. The predicted octanol–water partition coefficient (Wildman–Crippen LogP) is 1.45. The summed E-state index contributed by atoms with van der Waals surface area (Å²) in [6, 6.07) is 7.91. The molecular formula is C12H14ClN3O. The van der Waals surface area contributed by atoms with Crippen molar-refractivity contribution in [2.75, 3.05) is 0 Å². The molecule has 0 fully saturated rings. The van der Waals surface area contributed by atoms with Gasteiger partial charge in [0.25, 0.3) is 5.91 Å². The summed E-state index contributed by atoms with van der Waals surface area (Å²) in [4.78, 5) is 11.7. The Morgan fingerprint density at radius 2 is 2.06 bits per heavy atom. The molecule has 0 aliphatic heterocycles. The lowest BCUT2D eigenvalue weighted by Crippen LogP contribution is -2.36. The number of amides is 1. The molecule has 1 amide bonds. The molecule has 0 aromatic heterocycles. The molecular weight excluding hydrogens is 238 g/mol. The molecule has 1 aromatic carbocycles. The number of nitrogens with one attached hydrogen (secondary N) is 2. The summed E-state index contributed by atoms with van der Waals surface area (Å²) in [6.07, 6.45) is 0.612. The Bertz CT molecular complexity index is 508. The fraction of sp³-hybridized carbons (Fsp3) is 0.167. The van der Waals surface area contributed by atoms with Gasteiger partial charge in [-0.25, -0.2) is 0 Å². The predicted molar refractivity (Wildman–Crippen MR) is 70.0 cm³/mol. The maximum Gasteiger partial charge on any atom is 0.254 e. The van der Waals surface area contributed by atoms with Crippen molar-refractivity contribution in [3.8, 4) is 0 Å². The van der Waals surface area contributed by atoms with Crippen LogP contribution in [0.5, 0.6) is 0 Å². The van der Waals surface area contributed by atoms with E-state index in [1.807, 2.05) is 31.2 Å². The summed E-state index contributed by atoms with van der Waals surface area (Å²) in [7, 11) is 0. The average Bonchev–Trinajstić information content (AvgIpc) is 2.56. The monoisotopic (exact) mass is 251 g/mol. The molecule has 0 unspecified atom stereocenters. The minimum atomic E-state index is -0.318. The number of halogens is 1. The first-order valence-corrected chi connectivity index (χ1v) is 5.03. The third kappa shape index (κ3) is 2.47. The van der Waals surface area contributed by atoms with Crippen LogP contribution in [0.1, 0.15) is 18.1 Å². The Balaban J connectivity index is 0.00000144. The molecule has 0 radical (unpaired) electrons. The van der Waals surface area contributed by atoms with Gasteiger partial charge in [0.15, 0.2) is 5.96 Å².